The first-order chi connectivity index (χ1) is 9.80. The summed E-state index contributed by atoms with van der Waals surface area (Å²) in [5, 5.41) is 3.74. The summed E-state index contributed by atoms with van der Waals surface area (Å²) >= 11 is 0. The van der Waals surface area contributed by atoms with Gasteiger partial charge in [-0.15, -0.1) is 0 Å². The van der Waals surface area contributed by atoms with Gasteiger partial charge in [0.2, 0.25) is 5.88 Å². The summed E-state index contributed by atoms with van der Waals surface area (Å²) in [7, 11) is 1.68. The van der Waals surface area contributed by atoms with Crippen LogP contribution in [-0.2, 0) is 6.54 Å². The van der Waals surface area contributed by atoms with Gasteiger partial charge in [0.05, 0.1) is 7.11 Å². The zero-order valence-corrected chi connectivity index (χ0v) is 12.5. The van der Waals surface area contributed by atoms with E-state index in [0.717, 1.165) is 19.0 Å². The van der Waals surface area contributed by atoms with E-state index in [1.165, 1.54) is 31.4 Å². The van der Waals surface area contributed by atoms with Crippen molar-refractivity contribution in [3.8, 4) is 5.88 Å². The Hall–Kier alpha value is -1.13. The van der Waals surface area contributed by atoms with Gasteiger partial charge < -0.3 is 10.1 Å². The molecule has 1 saturated carbocycles. The second kappa shape index (κ2) is 6.10. The minimum Gasteiger partial charge on any atom is -0.481 e. The molecule has 1 aromatic heterocycles. The summed E-state index contributed by atoms with van der Waals surface area (Å²) in [5.74, 6) is 1.63. The summed E-state index contributed by atoms with van der Waals surface area (Å²) in [4.78, 5) is 6.82. The topological polar surface area (TPSA) is 37.4 Å². The SMILES string of the molecule is CCC1CNC(C2CC2)CN1Cc1ccnc(OC)c1. The predicted octanol–water partition coefficient (Wildman–Crippen LogP) is 2.05. The Kier molecular flexibility index (Phi) is 4.22. The van der Waals surface area contributed by atoms with Gasteiger partial charge in [-0.05, 0) is 36.8 Å². The molecule has 110 valence electrons. The van der Waals surface area contributed by atoms with Crippen molar-refractivity contribution in [2.24, 2.45) is 5.92 Å². The molecule has 20 heavy (non-hydrogen) atoms. The first kappa shape index (κ1) is 13.8. The number of rotatable bonds is 5. The molecule has 4 heteroatoms. The first-order valence-corrected chi connectivity index (χ1v) is 7.76. The molecule has 2 aliphatic rings. The normalized spacial score (nSPS) is 27.5. The predicted molar refractivity (Wildman–Crippen MR) is 79.8 cm³/mol. The molecule has 3 rings (SSSR count). The molecule has 1 saturated heterocycles. The molecule has 1 aliphatic heterocycles. The zero-order valence-electron chi connectivity index (χ0n) is 12.5. The van der Waals surface area contributed by atoms with Crippen LogP contribution in [0.3, 0.4) is 0 Å². The van der Waals surface area contributed by atoms with Gasteiger partial charge in [-0.2, -0.15) is 0 Å². The molecule has 0 bridgehead atoms. The average molecular weight is 275 g/mol. The van der Waals surface area contributed by atoms with Gasteiger partial charge in [0.1, 0.15) is 0 Å². The summed E-state index contributed by atoms with van der Waals surface area (Å²) in [6, 6.07) is 5.50. The number of nitrogens with one attached hydrogen (secondary N) is 1. The number of piperazine rings is 1. The summed E-state index contributed by atoms with van der Waals surface area (Å²) in [5.41, 5.74) is 1.30. The lowest BCUT2D eigenvalue weighted by Gasteiger charge is -2.40. The largest absolute Gasteiger partial charge is 0.481 e. The highest BCUT2D eigenvalue weighted by Crippen LogP contribution is 2.34. The van der Waals surface area contributed by atoms with Crippen molar-refractivity contribution in [3.05, 3.63) is 23.9 Å². The maximum atomic E-state index is 5.22. The molecule has 0 radical (unpaired) electrons. The summed E-state index contributed by atoms with van der Waals surface area (Å²) < 4.78 is 5.22. The molecule has 1 N–H and O–H groups in total. The van der Waals surface area contributed by atoms with Crippen molar-refractivity contribution in [3.63, 3.8) is 0 Å². The van der Waals surface area contributed by atoms with Crippen LogP contribution >= 0.6 is 0 Å². The highest BCUT2D eigenvalue weighted by Gasteiger charge is 2.36. The van der Waals surface area contributed by atoms with E-state index in [1.807, 2.05) is 6.20 Å². The molecular weight excluding hydrogens is 250 g/mol. The third-order valence-electron chi connectivity index (χ3n) is 4.62. The second-order valence-corrected chi connectivity index (χ2v) is 6.05. The smallest absolute Gasteiger partial charge is 0.213 e. The van der Waals surface area contributed by atoms with Crippen LogP contribution in [0.5, 0.6) is 5.88 Å². The zero-order chi connectivity index (χ0) is 13.9. The van der Waals surface area contributed by atoms with Gasteiger partial charge in [-0.3, -0.25) is 4.90 Å². The number of pyridine rings is 1. The van der Waals surface area contributed by atoms with Gasteiger partial charge in [0.25, 0.3) is 0 Å². The third kappa shape index (κ3) is 3.13. The summed E-state index contributed by atoms with van der Waals surface area (Å²) in [6.45, 7) is 5.58. The van der Waals surface area contributed by atoms with Crippen LogP contribution in [0.4, 0.5) is 0 Å². The van der Waals surface area contributed by atoms with Crippen LogP contribution in [-0.4, -0.2) is 42.2 Å². The van der Waals surface area contributed by atoms with E-state index in [0.29, 0.717) is 18.0 Å². The molecule has 0 aromatic carbocycles. The molecule has 4 nitrogen and oxygen atoms in total. The molecule has 2 fully saturated rings. The van der Waals surface area contributed by atoms with E-state index in [9.17, 15) is 0 Å². The molecular formula is C16H25N3O. The van der Waals surface area contributed by atoms with Crippen LogP contribution in [0.2, 0.25) is 0 Å². The number of hydrogen-bond donors (Lipinski definition) is 1. The molecule has 1 aromatic rings. The molecule has 2 atom stereocenters. The Balaban J connectivity index is 1.68. The van der Waals surface area contributed by atoms with Gasteiger partial charge in [-0.1, -0.05) is 6.92 Å². The molecule has 0 spiro atoms. The fourth-order valence-corrected chi connectivity index (χ4v) is 3.19. The van der Waals surface area contributed by atoms with E-state index in [-0.39, 0.29) is 0 Å². The monoisotopic (exact) mass is 275 g/mol. The van der Waals surface area contributed by atoms with Crippen LogP contribution in [0.15, 0.2) is 18.3 Å². The van der Waals surface area contributed by atoms with E-state index in [1.54, 1.807) is 7.11 Å². The first-order valence-electron chi connectivity index (χ1n) is 7.76. The Morgan fingerprint density at radius 1 is 1.45 bits per heavy atom. The lowest BCUT2D eigenvalue weighted by molar-refractivity contribution is 0.111. The second-order valence-electron chi connectivity index (χ2n) is 6.05. The lowest BCUT2D eigenvalue weighted by Crippen LogP contribution is -2.56. The van der Waals surface area contributed by atoms with Crippen LogP contribution < -0.4 is 10.1 Å². The Bertz CT molecular complexity index is 447. The average Bonchev–Trinajstić information content (AvgIpc) is 3.32. The fraction of sp³-hybridized carbons (Fsp3) is 0.688. The molecule has 2 unspecified atom stereocenters. The van der Waals surface area contributed by atoms with Crippen molar-refractivity contribution in [2.45, 2.75) is 44.8 Å². The van der Waals surface area contributed by atoms with Crippen molar-refractivity contribution < 1.29 is 4.74 Å². The van der Waals surface area contributed by atoms with E-state index in [4.69, 9.17) is 4.74 Å². The van der Waals surface area contributed by atoms with Crippen molar-refractivity contribution in [1.29, 1.82) is 0 Å². The minimum absolute atomic E-state index is 0.643. The quantitative estimate of drug-likeness (QED) is 0.892. The minimum atomic E-state index is 0.643. The number of aromatic nitrogens is 1. The van der Waals surface area contributed by atoms with Crippen molar-refractivity contribution in [2.75, 3.05) is 20.2 Å². The molecule has 0 amide bonds. The van der Waals surface area contributed by atoms with Crippen LogP contribution in [0.25, 0.3) is 0 Å². The van der Waals surface area contributed by atoms with Gasteiger partial charge >= 0.3 is 0 Å². The fourth-order valence-electron chi connectivity index (χ4n) is 3.19. The molecule has 1 aliphatic carbocycles. The highest BCUT2D eigenvalue weighted by molar-refractivity contribution is 5.20. The standard InChI is InChI=1S/C16H25N3O/c1-3-14-9-18-15(13-4-5-13)11-19(14)10-12-6-7-17-16(8-12)20-2/h6-8,13-15,18H,3-5,9-11H2,1-2H3. The maximum absolute atomic E-state index is 5.22. The number of ether oxygens (including phenoxy) is 1. The van der Waals surface area contributed by atoms with Crippen LogP contribution in [0.1, 0.15) is 31.7 Å². The Morgan fingerprint density at radius 3 is 3.00 bits per heavy atom. The lowest BCUT2D eigenvalue weighted by atomic mass is 10.0. The van der Waals surface area contributed by atoms with Gasteiger partial charge in [0, 0.05) is 44.0 Å². The van der Waals surface area contributed by atoms with Crippen molar-refractivity contribution in [1.82, 2.24) is 15.2 Å². The Morgan fingerprint density at radius 2 is 2.30 bits per heavy atom. The number of methoxy groups -OCH3 is 1. The highest BCUT2D eigenvalue weighted by atomic mass is 16.5. The molecule has 2 heterocycles. The van der Waals surface area contributed by atoms with E-state index < -0.39 is 0 Å². The van der Waals surface area contributed by atoms with E-state index in [2.05, 4.69) is 34.3 Å². The van der Waals surface area contributed by atoms with Crippen molar-refractivity contribution >= 4 is 0 Å². The van der Waals surface area contributed by atoms with Crippen LogP contribution in [0, 0.1) is 5.92 Å². The summed E-state index contributed by atoms with van der Waals surface area (Å²) in [6.07, 6.45) is 5.86. The van der Waals surface area contributed by atoms with Gasteiger partial charge in [-0.25, -0.2) is 4.98 Å². The van der Waals surface area contributed by atoms with E-state index >= 15 is 0 Å². The Labute approximate surface area is 121 Å². The third-order valence-corrected chi connectivity index (χ3v) is 4.62. The number of nitrogens with zero attached hydrogens (tertiary/aromatic N) is 2. The van der Waals surface area contributed by atoms with Gasteiger partial charge in [0.15, 0.2) is 0 Å². The number of hydrogen-bond acceptors (Lipinski definition) is 4. The maximum Gasteiger partial charge on any atom is 0.213 e.